The van der Waals surface area contributed by atoms with Gasteiger partial charge in [-0.05, 0) is 102 Å². The molecule has 0 N–H and O–H groups in total. The summed E-state index contributed by atoms with van der Waals surface area (Å²) in [5.41, 5.74) is 13.0. The van der Waals surface area contributed by atoms with Gasteiger partial charge in [-0.2, -0.15) is 0 Å². The highest BCUT2D eigenvalue weighted by Gasteiger charge is 2.39. The van der Waals surface area contributed by atoms with Crippen LogP contribution in [-0.4, -0.2) is 24.1 Å². The van der Waals surface area contributed by atoms with Gasteiger partial charge in [-0.3, -0.25) is 0 Å². The number of hydrogen-bond acceptors (Lipinski definition) is 3. The fourth-order valence-electron chi connectivity index (χ4n) is 9.53. The molecule has 5 heteroatoms. The number of para-hydroxylation sites is 3. The number of rotatable bonds is 5. The zero-order chi connectivity index (χ0) is 39.2. The fraction of sp³-hybridized carbons (Fsp3) is 0.151. The van der Waals surface area contributed by atoms with Crippen molar-refractivity contribution in [3.63, 3.8) is 0 Å². The third kappa shape index (κ3) is 5.33. The van der Waals surface area contributed by atoms with Gasteiger partial charge in [-0.15, -0.1) is 0 Å². The fourth-order valence-corrected chi connectivity index (χ4v) is 9.53. The van der Waals surface area contributed by atoms with Crippen LogP contribution in [-0.2, 0) is 10.8 Å². The maximum absolute atomic E-state index is 5.14. The van der Waals surface area contributed by atoms with Gasteiger partial charge in [0.25, 0.3) is 0 Å². The first kappa shape index (κ1) is 34.4. The average molecular weight is 750 g/mol. The van der Waals surface area contributed by atoms with Crippen molar-refractivity contribution in [3.8, 4) is 45.5 Å². The second kappa shape index (κ2) is 12.8. The van der Waals surface area contributed by atoms with Crippen LogP contribution in [0.4, 0.5) is 0 Å². The summed E-state index contributed by atoms with van der Waals surface area (Å²) in [7, 11) is 0. The van der Waals surface area contributed by atoms with E-state index >= 15 is 0 Å². The van der Waals surface area contributed by atoms with Crippen molar-refractivity contribution in [2.75, 3.05) is 0 Å². The van der Waals surface area contributed by atoms with E-state index in [1.807, 2.05) is 18.2 Å². The highest BCUT2D eigenvalue weighted by atomic mass is 15.0. The molecule has 0 spiro atoms. The summed E-state index contributed by atoms with van der Waals surface area (Å²) in [5, 5.41) is 5.08. The van der Waals surface area contributed by atoms with E-state index in [1.165, 1.54) is 61.2 Å². The monoisotopic (exact) mass is 749 g/mol. The molecule has 0 aliphatic heterocycles. The average Bonchev–Trinajstić information content (AvgIpc) is 3.78. The lowest BCUT2D eigenvalue weighted by atomic mass is 9.62. The molecule has 0 atom stereocenters. The van der Waals surface area contributed by atoms with E-state index in [0.717, 1.165) is 34.5 Å². The van der Waals surface area contributed by atoms with Crippen LogP contribution in [0.1, 0.15) is 51.7 Å². The van der Waals surface area contributed by atoms with E-state index in [-0.39, 0.29) is 10.8 Å². The lowest BCUT2D eigenvalue weighted by molar-refractivity contribution is 0.334. The van der Waals surface area contributed by atoms with E-state index in [1.54, 1.807) is 0 Å². The molecule has 7 aromatic carbocycles. The molecule has 5 nitrogen and oxygen atoms in total. The predicted octanol–water partition coefficient (Wildman–Crippen LogP) is 13.4. The highest BCUT2D eigenvalue weighted by molar-refractivity contribution is 6.11. The van der Waals surface area contributed by atoms with Crippen molar-refractivity contribution in [1.29, 1.82) is 0 Å². The van der Waals surface area contributed by atoms with Gasteiger partial charge in [0.1, 0.15) is 0 Å². The van der Waals surface area contributed by atoms with E-state index in [2.05, 4.69) is 182 Å². The quantitative estimate of drug-likeness (QED) is 0.176. The molecule has 58 heavy (non-hydrogen) atoms. The van der Waals surface area contributed by atoms with Gasteiger partial charge >= 0.3 is 0 Å². The first-order valence-electron chi connectivity index (χ1n) is 20.3. The Bertz CT molecular complexity index is 3150. The van der Waals surface area contributed by atoms with Crippen LogP contribution in [0.25, 0.3) is 89.2 Å². The summed E-state index contributed by atoms with van der Waals surface area (Å²) in [5.74, 6) is 1.93. The van der Waals surface area contributed by atoms with Crippen LogP contribution in [0.2, 0.25) is 0 Å². The normalized spacial score (nSPS) is 14.7. The molecule has 0 radical (unpaired) electrons. The number of benzene rings is 7. The molecule has 0 amide bonds. The van der Waals surface area contributed by atoms with Gasteiger partial charge in [-0.25, -0.2) is 15.0 Å². The number of nitrogens with zero attached hydrogens (tertiary/aromatic N) is 5. The minimum absolute atomic E-state index is 0.0488. The van der Waals surface area contributed by atoms with Crippen LogP contribution < -0.4 is 0 Å². The number of aromatic nitrogens is 5. The molecule has 1 aliphatic rings. The Hall–Kier alpha value is -6.85. The van der Waals surface area contributed by atoms with E-state index in [4.69, 9.17) is 15.0 Å². The van der Waals surface area contributed by atoms with E-state index in [0.29, 0.717) is 17.5 Å². The van der Waals surface area contributed by atoms with Crippen molar-refractivity contribution in [1.82, 2.24) is 24.1 Å². The van der Waals surface area contributed by atoms with Gasteiger partial charge in [0.05, 0.1) is 22.1 Å². The maximum Gasteiger partial charge on any atom is 0.164 e. The van der Waals surface area contributed by atoms with Gasteiger partial charge in [0, 0.05) is 49.6 Å². The van der Waals surface area contributed by atoms with Gasteiger partial charge in [-0.1, -0.05) is 125 Å². The minimum atomic E-state index is 0.0488. The highest BCUT2D eigenvalue weighted by Crippen LogP contribution is 2.50. The van der Waals surface area contributed by atoms with Crippen LogP contribution in [0.5, 0.6) is 0 Å². The molecule has 10 aromatic rings. The lowest BCUT2D eigenvalue weighted by Gasteiger charge is -2.42. The summed E-state index contributed by atoms with van der Waals surface area (Å²) in [6.45, 7) is 9.65. The Morgan fingerprint density at radius 3 is 1.33 bits per heavy atom. The van der Waals surface area contributed by atoms with Crippen molar-refractivity contribution in [3.05, 3.63) is 175 Å². The van der Waals surface area contributed by atoms with Crippen LogP contribution in [0.3, 0.4) is 0 Å². The summed E-state index contributed by atoms with van der Waals surface area (Å²) < 4.78 is 4.82. The third-order valence-electron chi connectivity index (χ3n) is 12.6. The topological polar surface area (TPSA) is 48.5 Å². The molecule has 1 aliphatic carbocycles. The summed E-state index contributed by atoms with van der Waals surface area (Å²) in [6.07, 6.45) is 2.33. The van der Waals surface area contributed by atoms with Crippen molar-refractivity contribution in [2.45, 2.75) is 51.4 Å². The first-order chi connectivity index (χ1) is 28.2. The third-order valence-corrected chi connectivity index (χ3v) is 12.6. The Morgan fingerprint density at radius 2 is 0.793 bits per heavy atom. The van der Waals surface area contributed by atoms with Crippen molar-refractivity contribution in [2.24, 2.45) is 0 Å². The zero-order valence-electron chi connectivity index (χ0n) is 33.2. The van der Waals surface area contributed by atoms with Gasteiger partial charge < -0.3 is 9.13 Å². The SMILES string of the molecule is CC1(C)CCC(C)(C)c2c1ccc1c3ccccc3n(-c3ccc(-c4nc(-c5ccccc5)nc(-c5ccc(-n6c7ccccc7c7ccccc76)cc5)n4)cc3)c21. The van der Waals surface area contributed by atoms with Gasteiger partial charge in [0.15, 0.2) is 17.5 Å². The Labute approximate surface area is 338 Å². The molecule has 280 valence electrons. The van der Waals surface area contributed by atoms with Crippen molar-refractivity contribution >= 4 is 43.6 Å². The molecule has 3 heterocycles. The standard InChI is InChI=1S/C53H43N5/c1-52(2)32-33-53(3,4)47-43(52)31-30-42-41-18-10-13-21-46(41)58(48(42)47)38-28-24-36(25-29-38)51-55-49(34-14-6-5-7-15-34)54-50(56-51)35-22-26-37(27-23-35)57-44-19-11-8-16-39(44)40-17-9-12-20-45(40)57/h5-31H,32-33H2,1-4H3. The molecular weight excluding hydrogens is 707 g/mol. The number of hydrogen-bond donors (Lipinski definition) is 0. The van der Waals surface area contributed by atoms with Crippen LogP contribution in [0, 0.1) is 0 Å². The molecule has 0 fully saturated rings. The van der Waals surface area contributed by atoms with E-state index < -0.39 is 0 Å². The minimum Gasteiger partial charge on any atom is -0.309 e. The predicted molar refractivity (Wildman–Crippen MR) is 240 cm³/mol. The molecule has 0 saturated carbocycles. The molecule has 0 bridgehead atoms. The molecule has 11 rings (SSSR count). The molecule has 0 saturated heterocycles. The van der Waals surface area contributed by atoms with E-state index in [9.17, 15) is 0 Å². The summed E-state index contributed by atoms with van der Waals surface area (Å²) in [4.78, 5) is 15.3. The molecule has 3 aromatic heterocycles. The maximum atomic E-state index is 5.14. The van der Waals surface area contributed by atoms with Crippen LogP contribution in [0.15, 0.2) is 164 Å². The van der Waals surface area contributed by atoms with Crippen LogP contribution >= 0.6 is 0 Å². The molecule has 0 unspecified atom stereocenters. The summed E-state index contributed by atoms with van der Waals surface area (Å²) >= 11 is 0. The zero-order valence-corrected chi connectivity index (χ0v) is 33.2. The molecular formula is C53H43N5. The Kier molecular flexibility index (Phi) is 7.61. The number of fused-ring (bicyclic) bond motifs is 8. The van der Waals surface area contributed by atoms with Gasteiger partial charge in [0.2, 0.25) is 0 Å². The second-order valence-electron chi connectivity index (χ2n) is 17.1. The Morgan fingerprint density at radius 1 is 0.379 bits per heavy atom. The Balaban J connectivity index is 1.03. The summed E-state index contributed by atoms with van der Waals surface area (Å²) in [6, 6.07) is 58.4. The smallest absolute Gasteiger partial charge is 0.164 e. The first-order valence-corrected chi connectivity index (χ1v) is 20.3. The second-order valence-corrected chi connectivity index (χ2v) is 17.1. The largest absolute Gasteiger partial charge is 0.309 e. The van der Waals surface area contributed by atoms with Crippen molar-refractivity contribution < 1.29 is 0 Å². The lowest BCUT2D eigenvalue weighted by Crippen LogP contribution is -2.34.